The predicted molar refractivity (Wildman–Crippen MR) is 110 cm³/mol. The number of hydrogen-bond donors (Lipinski definition) is 0. The summed E-state index contributed by atoms with van der Waals surface area (Å²) in [6.07, 6.45) is 7.62. The molecule has 0 aromatic heterocycles. The molecule has 29 heavy (non-hydrogen) atoms. The normalized spacial score (nSPS) is 32.7. The van der Waals surface area contributed by atoms with Crippen LogP contribution >= 0.6 is 0 Å². The van der Waals surface area contributed by atoms with Crippen LogP contribution in [0.4, 0.5) is 0 Å². The zero-order chi connectivity index (χ0) is 20.2. The number of aryl methyl sites for hydroxylation is 1. The van der Waals surface area contributed by atoms with E-state index in [1.165, 1.54) is 16.7 Å². The van der Waals surface area contributed by atoms with Crippen molar-refractivity contribution in [1.29, 1.82) is 0 Å². The quantitative estimate of drug-likeness (QED) is 0.740. The number of fused-ring (bicyclic) bond motifs is 1. The van der Waals surface area contributed by atoms with Gasteiger partial charge in [-0.15, -0.1) is 0 Å². The third kappa shape index (κ3) is 3.03. The Balaban J connectivity index is 1.32. The van der Waals surface area contributed by atoms with Crippen molar-refractivity contribution in [3.05, 3.63) is 59.2 Å². The van der Waals surface area contributed by atoms with E-state index in [2.05, 4.69) is 44.2 Å². The lowest BCUT2D eigenvalue weighted by atomic mass is 9.76. The molecule has 1 aromatic carbocycles. The molecule has 2 amide bonds. The van der Waals surface area contributed by atoms with Crippen LogP contribution in [0.15, 0.2) is 48.1 Å². The van der Waals surface area contributed by atoms with E-state index in [1.54, 1.807) is 0 Å². The van der Waals surface area contributed by atoms with Crippen LogP contribution in [-0.4, -0.2) is 59.5 Å². The number of likely N-dealkylation sites (tertiary alicyclic amines) is 1. The van der Waals surface area contributed by atoms with Crippen molar-refractivity contribution in [2.45, 2.75) is 38.4 Å². The molecular formula is C24H28N2O3. The SMILES string of the molecule is CC1=CCN(C(=O)C2C3C(=O)N(CCc4ccc(C)cc4)C[C@]34C=C[C@H]2O4)CC1. The maximum atomic E-state index is 13.3. The fraction of sp³-hybridized carbons (Fsp3) is 0.500. The molecule has 0 aliphatic carbocycles. The Hall–Kier alpha value is -2.40. The van der Waals surface area contributed by atoms with Crippen molar-refractivity contribution in [2.24, 2.45) is 11.8 Å². The average Bonchev–Trinajstić information content (AvgIpc) is 3.36. The van der Waals surface area contributed by atoms with Gasteiger partial charge in [0.2, 0.25) is 11.8 Å². The summed E-state index contributed by atoms with van der Waals surface area (Å²) >= 11 is 0. The Bertz CT molecular complexity index is 903. The lowest BCUT2D eigenvalue weighted by Crippen LogP contribution is -2.47. The summed E-state index contributed by atoms with van der Waals surface area (Å²) in [7, 11) is 0. The summed E-state index contributed by atoms with van der Waals surface area (Å²) in [6, 6.07) is 8.45. The van der Waals surface area contributed by atoms with E-state index < -0.39 is 5.60 Å². The van der Waals surface area contributed by atoms with E-state index in [-0.39, 0.29) is 29.8 Å². The number of ether oxygens (including phenoxy) is 1. The van der Waals surface area contributed by atoms with Gasteiger partial charge >= 0.3 is 0 Å². The molecule has 5 rings (SSSR count). The highest BCUT2D eigenvalue weighted by molar-refractivity contribution is 5.93. The topological polar surface area (TPSA) is 49.9 Å². The van der Waals surface area contributed by atoms with Crippen LogP contribution in [0, 0.1) is 18.8 Å². The first-order valence-corrected chi connectivity index (χ1v) is 10.6. The lowest BCUT2D eigenvalue weighted by Gasteiger charge is -2.31. The highest BCUT2D eigenvalue weighted by atomic mass is 16.5. The first-order valence-electron chi connectivity index (χ1n) is 10.6. The van der Waals surface area contributed by atoms with Gasteiger partial charge in [-0.05, 0) is 32.3 Å². The van der Waals surface area contributed by atoms with Crippen LogP contribution in [0.3, 0.4) is 0 Å². The van der Waals surface area contributed by atoms with Gasteiger partial charge in [-0.25, -0.2) is 0 Å². The number of carbonyl (C=O) groups is 2. The first-order chi connectivity index (χ1) is 14.0. The zero-order valence-electron chi connectivity index (χ0n) is 17.1. The smallest absolute Gasteiger partial charge is 0.230 e. The fourth-order valence-electron chi connectivity index (χ4n) is 5.25. The van der Waals surface area contributed by atoms with Gasteiger partial charge in [0.05, 0.1) is 24.5 Å². The molecule has 5 heteroatoms. The molecule has 2 bridgehead atoms. The van der Waals surface area contributed by atoms with Crippen LogP contribution in [0.25, 0.3) is 0 Å². The minimum absolute atomic E-state index is 0.0729. The van der Waals surface area contributed by atoms with E-state index in [4.69, 9.17) is 4.74 Å². The monoisotopic (exact) mass is 392 g/mol. The van der Waals surface area contributed by atoms with Gasteiger partial charge in [0.15, 0.2) is 0 Å². The Morgan fingerprint density at radius 1 is 1.24 bits per heavy atom. The molecule has 0 radical (unpaired) electrons. The molecule has 1 aromatic rings. The van der Waals surface area contributed by atoms with Crippen molar-refractivity contribution in [3.8, 4) is 0 Å². The summed E-state index contributed by atoms with van der Waals surface area (Å²) in [6.45, 7) is 6.77. The van der Waals surface area contributed by atoms with Crippen molar-refractivity contribution in [2.75, 3.05) is 26.2 Å². The molecule has 2 unspecified atom stereocenters. The summed E-state index contributed by atoms with van der Waals surface area (Å²) in [5.74, 6) is -0.617. The third-order valence-corrected chi connectivity index (χ3v) is 7.00. The second-order valence-electron chi connectivity index (χ2n) is 8.98. The summed E-state index contributed by atoms with van der Waals surface area (Å²) < 4.78 is 6.26. The molecule has 2 saturated heterocycles. The molecule has 1 spiro atoms. The second-order valence-corrected chi connectivity index (χ2v) is 8.98. The fourth-order valence-corrected chi connectivity index (χ4v) is 5.25. The Morgan fingerprint density at radius 3 is 2.76 bits per heavy atom. The summed E-state index contributed by atoms with van der Waals surface area (Å²) in [4.78, 5) is 30.4. The minimum Gasteiger partial charge on any atom is -0.360 e. The highest BCUT2D eigenvalue weighted by Gasteiger charge is 2.67. The van der Waals surface area contributed by atoms with Crippen molar-refractivity contribution in [1.82, 2.24) is 9.80 Å². The highest BCUT2D eigenvalue weighted by Crippen LogP contribution is 2.52. The van der Waals surface area contributed by atoms with Crippen molar-refractivity contribution >= 4 is 11.8 Å². The molecule has 152 valence electrons. The number of carbonyl (C=O) groups excluding carboxylic acids is 2. The van der Waals surface area contributed by atoms with Gasteiger partial charge in [0, 0.05) is 19.6 Å². The Kier molecular flexibility index (Phi) is 4.39. The van der Waals surface area contributed by atoms with Crippen LogP contribution in [0.1, 0.15) is 24.5 Å². The van der Waals surface area contributed by atoms with Crippen LogP contribution in [0.2, 0.25) is 0 Å². The van der Waals surface area contributed by atoms with E-state index in [0.717, 1.165) is 19.4 Å². The molecule has 4 aliphatic rings. The minimum atomic E-state index is -0.614. The average molecular weight is 392 g/mol. The van der Waals surface area contributed by atoms with E-state index in [9.17, 15) is 9.59 Å². The molecule has 2 fully saturated rings. The second kappa shape index (κ2) is 6.84. The van der Waals surface area contributed by atoms with Crippen LogP contribution in [0.5, 0.6) is 0 Å². The van der Waals surface area contributed by atoms with Gasteiger partial charge in [0.1, 0.15) is 5.60 Å². The number of benzene rings is 1. The van der Waals surface area contributed by atoms with E-state index >= 15 is 0 Å². The summed E-state index contributed by atoms with van der Waals surface area (Å²) in [5.41, 5.74) is 3.17. The number of amides is 2. The maximum Gasteiger partial charge on any atom is 0.230 e. The third-order valence-electron chi connectivity index (χ3n) is 7.00. The molecule has 0 saturated carbocycles. The Morgan fingerprint density at radius 2 is 2.03 bits per heavy atom. The van der Waals surface area contributed by atoms with Gasteiger partial charge in [-0.1, -0.05) is 53.6 Å². The molecule has 0 N–H and O–H groups in total. The summed E-state index contributed by atoms with van der Waals surface area (Å²) in [5, 5.41) is 0. The van der Waals surface area contributed by atoms with Crippen LogP contribution < -0.4 is 0 Å². The first kappa shape index (κ1) is 18.6. The van der Waals surface area contributed by atoms with Crippen LogP contribution in [-0.2, 0) is 20.7 Å². The van der Waals surface area contributed by atoms with E-state index in [0.29, 0.717) is 19.6 Å². The number of hydrogen-bond acceptors (Lipinski definition) is 3. The Labute approximate surface area is 172 Å². The van der Waals surface area contributed by atoms with Crippen molar-refractivity contribution in [3.63, 3.8) is 0 Å². The largest absolute Gasteiger partial charge is 0.360 e. The van der Waals surface area contributed by atoms with Crippen molar-refractivity contribution < 1.29 is 14.3 Å². The van der Waals surface area contributed by atoms with Gasteiger partial charge in [0.25, 0.3) is 0 Å². The molecule has 5 nitrogen and oxygen atoms in total. The number of nitrogens with zero attached hydrogens (tertiary/aromatic N) is 2. The lowest BCUT2D eigenvalue weighted by molar-refractivity contribution is -0.143. The molecule has 4 aliphatic heterocycles. The standard InChI is InChI=1S/C24H28N2O3/c1-16-3-5-18(6-4-16)10-14-26-15-24-11-7-19(29-24)20(21(24)23(26)28)22(27)25-12-8-17(2)9-13-25/h3-8,11,19-21H,9-10,12-15H2,1-2H3/t19-,20?,21?,24-/m1/s1. The van der Waals surface area contributed by atoms with Gasteiger partial charge in [-0.3, -0.25) is 9.59 Å². The van der Waals surface area contributed by atoms with Gasteiger partial charge in [-0.2, -0.15) is 0 Å². The molecular weight excluding hydrogens is 364 g/mol. The maximum absolute atomic E-state index is 13.3. The number of rotatable bonds is 4. The van der Waals surface area contributed by atoms with Gasteiger partial charge < -0.3 is 14.5 Å². The van der Waals surface area contributed by atoms with E-state index in [1.807, 2.05) is 22.0 Å². The zero-order valence-corrected chi connectivity index (χ0v) is 17.1. The predicted octanol–water partition coefficient (Wildman–Crippen LogP) is 2.50. The molecule has 4 heterocycles. The molecule has 4 atom stereocenters.